The minimum Gasteiger partial charge on any atom is -0.481 e. The second-order valence-corrected chi connectivity index (χ2v) is 13.2. The highest BCUT2D eigenvalue weighted by molar-refractivity contribution is 8.00. The Kier molecular flexibility index (Phi) is 12.6. The van der Waals surface area contributed by atoms with Gasteiger partial charge in [-0.3, -0.25) is 28.8 Å². The van der Waals surface area contributed by atoms with Crippen molar-refractivity contribution in [2.75, 3.05) is 12.3 Å². The Morgan fingerprint density at radius 3 is 2.33 bits per heavy atom. The Balaban J connectivity index is 1.57. The number of carbonyl (C=O) groups is 6. The average molecular weight is 679 g/mol. The maximum atomic E-state index is 14.2. The van der Waals surface area contributed by atoms with Gasteiger partial charge in [0.15, 0.2) is 0 Å². The highest BCUT2D eigenvalue weighted by atomic mass is 32.2. The number of carbonyl (C=O) groups excluding carboxylic acids is 5. The number of primary amides is 1. The number of nitrogens with two attached hydrogens (primary N) is 1. The number of rotatable bonds is 16. The lowest BCUT2D eigenvalue weighted by atomic mass is 10.0. The van der Waals surface area contributed by atoms with Crippen LogP contribution in [0, 0.1) is 0 Å². The van der Waals surface area contributed by atoms with Crippen LogP contribution in [0.1, 0.15) is 44.2 Å². The number of fused-ring (bicyclic) bond motifs is 1. The van der Waals surface area contributed by atoms with E-state index < -0.39 is 66.1 Å². The highest BCUT2D eigenvalue weighted by Crippen LogP contribution is 2.31. The number of nitrogens with one attached hydrogen (secondary N) is 4. The first-order chi connectivity index (χ1) is 23.0. The molecular formula is C34H42N6O7S. The molecule has 0 saturated carbocycles. The highest BCUT2D eigenvalue weighted by Gasteiger charge is 2.45. The van der Waals surface area contributed by atoms with Gasteiger partial charge in [0.05, 0.1) is 6.42 Å². The number of aromatic nitrogens is 1. The van der Waals surface area contributed by atoms with Gasteiger partial charge in [0, 0.05) is 48.7 Å². The van der Waals surface area contributed by atoms with Crippen molar-refractivity contribution < 1.29 is 33.9 Å². The van der Waals surface area contributed by atoms with Gasteiger partial charge < -0.3 is 36.7 Å². The van der Waals surface area contributed by atoms with E-state index in [0.29, 0.717) is 12.2 Å². The number of aromatic amines is 1. The third-order valence-electron chi connectivity index (χ3n) is 8.16. The zero-order valence-electron chi connectivity index (χ0n) is 26.9. The zero-order valence-corrected chi connectivity index (χ0v) is 27.8. The fourth-order valence-corrected chi connectivity index (χ4v) is 7.18. The first-order valence-electron chi connectivity index (χ1n) is 15.9. The number of carboxylic acid groups (broad SMARTS) is 1. The Morgan fingerprint density at radius 2 is 1.67 bits per heavy atom. The number of nitrogens with zero attached hydrogens (tertiary/aromatic N) is 1. The van der Waals surface area contributed by atoms with E-state index in [1.54, 1.807) is 36.5 Å². The van der Waals surface area contributed by atoms with Gasteiger partial charge >= 0.3 is 5.97 Å². The third kappa shape index (κ3) is 9.37. The van der Waals surface area contributed by atoms with Crippen molar-refractivity contribution in [2.45, 2.75) is 75.4 Å². The molecule has 1 aliphatic rings. The van der Waals surface area contributed by atoms with Gasteiger partial charge in [-0.2, -0.15) is 11.8 Å². The van der Waals surface area contributed by atoms with Gasteiger partial charge in [0.2, 0.25) is 29.5 Å². The summed E-state index contributed by atoms with van der Waals surface area (Å²) in [6, 6.07) is 11.7. The monoisotopic (exact) mass is 678 g/mol. The average Bonchev–Trinajstić information content (AvgIpc) is 3.67. The van der Waals surface area contributed by atoms with Gasteiger partial charge in [0.1, 0.15) is 24.2 Å². The normalized spacial score (nSPS) is 17.7. The van der Waals surface area contributed by atoms with E-state index in [1.807, 2.05) is 31.2 Å². The summed E-state index contributed by atoms with van der Waals surface area (Å²) in [5.74, 6) is -3.95. The molecule has 3 aromatic rings. The summed E-state index contributed by atoms with van der Waals surface area (Å²) >= 11 is 1.51. The summed E-state index contributed by atoms with van der Waals surface area (Å²) in [5, 5.41) is 18.0. The van der Waals surface area contributed by atoms with Gasteiger partial charge in [-0.05, 0) is 35.8 Å². The van der Waals surface area contributed by atoms with Crippen molar-refractivity contribution in [1.29, 1.82) is 0 Å². The molecule has 5 atom stereocenters. The number of H-pyrrole nitrogens is 1. The second kappa shape index (κ2) is 16.8. The van der Waals surface area contributed by atoms with Crippen molar-refractivity contribution in [3.63, 3.8) is 0 Å². The molecule has 1 saturated heterocycles. The maximum Gasteiger partial charge on any atom is 0.305 e. The Morgan fingerprint density at radius 1 is 0.958 bits per heavy atom. The number of likely N-dealkylation sites (tertiary alicyclic amines) is 1. The molecule has 0 bridgehead atoms. The SMILES string of the molecule is CCCS[C@H]1CCN(C(=O)[C@H](Cc2c[nH]c3ccccc23)NC(C)=O)[C@@H]1C(=O)N[C@@H](CC(=O)O)C(=O)N[C@@H](Cc1ccccc1)C(N)=O. The Bertz CT molecular complexity index is 1630. The zero-order chi connectivity index (χ0) is 34.8. The standard InChI is InChI=1S/C34H42N6O7S/c1-3-15-48-28-13-14-40(34(47)27(37-20(2)41)17-22-19-36-24-12-8-7-11-23(22)24)30(28)33(46)39-26(18-29(42)43)32(45)38-25(31(35)44)16-21-9-5-4-6-10-21/h4-12,19,25-28,30,36H,3,13-18H2,1-2H3,(H2,35,44)(H,37,41)(H,38,45)(H,39,46)(H,42,43)/t25-,26-,27-,28-,30-/m0/s1. The summed E-state index contributed by atoms with van der Waals surface area (Å²) < 4.78 is 0. The fourth-order valence-electron chi connectivity index (χ4n) is 5.92. The largest absolute Gasteiger partial charge is 0.481 e. The number of thioether (sulfide) groups is 1. The number of aliphatic carboxylic acids is 1. The molecule has 5 amide bonds. The van der Waals surface area contributed by atoms with Crippen molar-refractivity contribution in [1.82, 2.24) is 25.8 Å². The minimum absolute atomic E-state index is 0.0667. The van der Waals surface area contributed by atoms with Crippen molar-refractivity contribution in [3.05, 3.63) is 71.9 Å². The Labute approximate surface area is 282 Å². The van der Waals surface area contributed by atoms with Crippen LogP contribution >= 0.6 is 11.8 Å². The van der Waals surface area contributed by atoms with E-state index in [9.17, 15) is 33.9 Å². The molecule has 0 unspecified atom stereocenters. The van der Waals surface area contributed by atoms with Crippen molar-refractivity contribution >= 4 is 58.2 Å². The minimum atomic E-state index is -1.56. The molecule has 1 aromatic heterocycles. The van der Waals surface area contributed by atoms with E-state index in [-0.39, 0.29) is 24.6 Å². The topological polar surface area (TPSA) is 204 Å². The lowest BCUT2D eigenvalue weighted by molar-refractivity contribution is -0.143. The van der Waals surface area contributed by atoms with Crippen LogP contribution in [0.2, 0.25) is 0 Å². The van der Waals surface area contributed by atoms with Crippen molar-refractivity contribution in [2.24, 2.45) is 5.73 Å². The van der Waals surface area contributed by atoms with Crippen LogP contribution in [-0.2, 0) is 41.6 Å². The molecule has 2 aromatic carbocycles. The first kappa shape index (κ1) is 36.0. The van der Waals surface area contributed by atoms with E-state index in [0.717, 1.165) is 28.5 Å². The molecule has 0 spiro atoms. The molecule has 0 radical (unpaired) electrons. The number of carboxylic acids is 1. The number of hydrogen-bond donors (Lipinski definition) is 6. The van der Waals surface area contributed by atoms with Crippen LogP contribution in [0.4, 0.5) is 0 Å². The second-order valence-electron chi connectivity index (χ2n) is 11.8. The smallest absolute Gasteiger partial charge is 0.305 e. The maximum absolute atomic E-state index is 14.2. The van der Waals surface area contributed by atoms with Crippen LogP contribution < -0.4 is 21.7 Å². The summed E-state index contributed by atoms with van der Waals surface area (Å²) in [7, 11) is 0. The number of hydrogen-bond acceptors (Lipinski definition) is 7. The van der Waals surface area contributed by atoms with E-state index in [4.69, 9.17) is 5.73 Å². The molecule has 48 heavy (non-hydrogen) atoms. The summed E-state index contributed by atoms with van der Waals surface area (Å²) in [5.41, 5.74) is 7.97. The molecular weight excluding hydrogens is 636 g/mol. The lowest BCUT2D eigenvalue weighted by Crippen LogP contribution is -2.59. The van der Waals surface area contributed by atoms with E-state index >= 15 is 0 Å². The fraction of sp³-hybridized carbons (Fsp3) is 0.412. The van der Waals surface area contributed by atoms with Crippen LogP contribution in [-0.4, -0.2) is 92.2 Å². The number of amides is 5. The Hall–Kier alpha value is -4.85. The number of para-hydroxylation sites is 1. The van der Waals surface area contributed by atoms with Gasteiger partial charge in [0.25, 0.3) is 0 Å². The summed E-state index contributed by atoms with van der Waals surface area (Å²) in [6.07, 6.45) is 2.55. The quantitative estimate of drug-likeness (QED) is 0.131. The molecule has 1 aliphatic heterocycles. The summed E-state index contributed by atoms with van der Waals surface area (Å²) in [4.78, 5) is 82.4. The molecule has 0 aliphatic carbocycles. The predicted octanol–water partition coefficient (Wildman–Crippen LogP) is 1.50. The van der Waals surface area contributed by atoms with Crippen LogP contribution in [0.5, 0.6) is 0 Å². The van der Waals surface area contributed by atoms with E-state index in [1.165, 1.54) is 23.6 Å². The molecule has 14 heteroatoms. The predicted molar refractivity (Wildman–Crippen MR) is 182 cm³/mol. The molecule has 4 rings (SSSR count). The lowest BCUT2D eigenvalue weighted by Gasteiger charge is -2.31. The van der Waals surface area contributed by atoms with Crippen LogP contribution in [0.15, 0.2) is 60.8 Å². The molecule has 13 nitrogen and oxygen atoms in total. The summed E-state index contributed by atoms with van der Waals surface area (Å²) in [6.45, 7) is 3.53. The number of benzene rings is 2. The third-order valence-corrected chi connectivity index (χ3v) is 9.72. The molecule has 1 fully saturated rings. The van der Waals surface area contributed by atoms with Gasteiger partial charge in [-0.1, -0.05) is 55.5 Å². The van der Waals surface area contributed by atoms with Gasteiger partial charge in [-0.15, -0.1) is 0 Å². The first-order valence-corrected chi connectivity index (χ1v) is 16.9. The molecule has 2 heterocycles. The molecule has 7 N–H and O–H groups in total. The van der Waals surface area contributed by atoms with E-state index in [2.05, 4.69) is 20.9 Å². The molecule has 256 valence electrons. The van der Waals surface area contributed by atoms with Crippen LogP contribution in [0.3, 0.4) is 0 Å². The van der Waals surface area contributed by atoms with Gasteiger partial charge in [-0.25, -0.2) is 0 Å². The van der Waals surface area contributed by atoms with Crippen molar-refractivity contribution in [3.8, 4) is 0 Å². The van der Waals surface area contributed by atoms with Crippen LogP contribution in [0.25, 0.3) is 10.9 Å².